The maximum Gasteiger partial charge on any atom is 0.434 e. The lowest BCUT2D eigenvalue weighted by atomic mass is 10.4. The van der Waals surface area contributed by atoms with E-state index in [1.54, 1.807) is 13.8 Å². The van der Waals surface area contributed by atoms with Crippen LogP contribution in [0.4, 0.5) is 4.79 Å². The molecule has 0 aromatic rings. The van der Waals surface area contributed by atoms with Crippen LogP contribution in [0.1, 0.15) is 20.3 Å². The molecule has 0 N–H and O–H groups in total. The van der Waals surface area contributed by atoms with Crippen molar-refractivity contribution in [3.63, 3.8) is 0 Å². The number of thioether (sulfide) groups is 1. The molecule has 1 rings (SSSR count). The first-order valence-electron chi connectivity index (χ1n) is 5.02. The topological polar surface area (TPSA) is 72.8 Å². The molecule has 1 aliphatic rings. The summed E-state index contributed by atoms with van der Waals surface area (Å²) in [6, 6.07) is 0. The van der Waals surface area contributed by atoms with Gasteiger partial charge in [-0.25, -0.2) is 13.2 Å². The molecule has 1 heterocycles. The number of hydrogen-bond donors (Lipinski definition) is 0. The number of sulfone groups is 1. The van der Waals surface area contributed by atoms with Crippen LogP contribution in [0.5, 0.6) is 0 Å². The van der Waals surface area contributed by atoms with E-state index >= 15 is 0 Å². The fourth-order valence-corrected chi connectivity index (χ4v) is 4.84. The molecule has 0 aromatic heterocycles. The third-order valence-electron chi connectivity index (χ3n) is 2.04. The van der Waals surface area contributed by atoms with Crippen LogP contribution in [-0.4, -0.2) is 42.9 Å². The Balaban J connectivity index is 2.46. The van der Waals surface area contributed by atoms with Gasteiger partial charge in [-0.15, -0.1) is 11.8 Å². The zero-order valence-corrected chi connectivity index (χ0v) is 10.9. The summed E-state index contributed by atoms with van der Waals surface area (Å²) in [5.41, 5.74) is 0. The van der Waals surface area contributed by atoms with E-state index in [2.05, 4.69) is 9.73 Å². The third kappa shape index (κ3) is 4.52. The number of aliphatic imine (C=N–C) groups is 1. The van der Waals surface area contributed by atoms with Crippen molar-refractivity contribution in [3.8, 4) is 0 Å². The molecule has 0 radical (unpaired) electrons. The molecule has 0 spiro atoms. The van der Waals surface area contributed by atoms with Crippen molar-refractivity contribution in [2.24, 2.45) is 4.99 Å². The van der Waals surface area contributed by atoms with Crippen LogP contribution in [0, 0.1) is 0 Å². The third-order valence-corrected chi connectivity index (χ3v) is 5.19. The molecule has 0 aliphatic carbocycles. The lowest BCUT2D eigenvalue weighted by Crippen LogP contribution is -2.09. The normalized spacial score (nSPS) is 24.4. The van der Waals surface area contributed by atoms with Gasteiger partial charge in [0.05, 0.1) is 23.2 Å². The monoisotopic (exact) mass is 265 g/mol. The highest BCUT2D eigenvalue weighted by atomic mass is 32.2. The van der Waals surface area contributed by atoms with Gasteiger partial charge in [0, 0.05) is 5.25 Å². The van der Waals surface area contributed by atoms with E-state index in [1.807, 2.05) is 0 Å². The molecule has 1 unspecified atom stereocenters. The smallest absolute Gasteiger partial charge is 0.434 e. The lowest BCUT2D eigenvalue weighted by Gasteiger charge is -2.05. The van der Waals surface area contributed by atoms with Crippen molar-refractivity contribution >= 4 is 32.7 Å². The second kappa shape index (κ2) is 5.67. The van der Waals surface area contributed by atoms with Gasteiger partial charge < -0.3 is 4.74 Å². The average Bonchev–Trinajstić information content (AvgIpc) is 2.45. The summed E-state index contributed by atoms with van der Waals surface area (Å²) in [5, 5.41) is 0.573. The Kier molecular flexibility index (Phi) is 4.79. The van der Waals surface area contributed by atoms with Gasteiger partial charge in [-0.3, -0.25) is 0 Å². The van der Waals surface area contributed by atoms with Crippen LogP contribution >= 0.6 is 11.8 Å². The number of amides is 1. The van der Waals surface area contributed by atoms with E-state index in [-0.39, 0.29) is 23.4 Å². The molecule has 1 fully saturated rings. The van der Waals surface area contributed by atoms with Gasteiger partial charge in [-0.05, 0) is 20.3 Å². The van der Waals surface area contributed by atoms with Gasteiger partial charge in [0.15, 0.2) is 9.84 Å². The van der Waals surface area contributed by atoms with Gasteiger partial charge in [0.2, 0.25) is 0 Å². The highest BCUT2D eigenvalue weighted by Gasteiger charge is 2.28. The Morgan fingerprint density at radius 2 is 2.25 bits per heavy atom. The highest BCUT2D eigenvalue weighted by Crippen LogP contribution is 2.25. The van der Waals surface area contributed by atoms with Gasteiger partial charge in [0.1, 0.15) is 0 Å². The Morgan fingerprint density at radius 3 is 2.75 bits per heavy atom. The highest BCUT2D eigenvalue weighted by molar-refractivity contribution is 8.15. The predicted molar refractivity (Wildman–Crippen MR) is 64.8 cm³/mol. The largest absolute Gasteiger partial charge is 0.448 e. The Bertz CT molecular complexity index is 388. The number of carbonyl (C=O) groups excluding carboxylic acids is 1. The summed E-state index contributed by atoms with van der Waals surface area (Å²) >= 11 is 1.33. The fraction of sp³-hybridized carbons (Fsp3) is 0.778. The van der Waals surface area contributed by atoms with Crippen molar-refractivity contribution in [1.29, 1.82) is 0 Å². The minimum Gasteiger partial charge on any atom is -0.448 e. The molecule has 1 saturated heterocycles. The molecule has 92 valence electrons. The standard InChI is InChI=1S/C9H15NO4S2/c1-3-14-9(11)10-7(2)15-8-4-5-16(12,13)6-8/h8H,3-6H2,1-2H3/b10-7+. The fourth-order valence-electron chi connectivity index (χ4n) is 1.41. The van der Waals surface area contributed by atoms with Crippen LogP contribution in [0.3, 0.4) is 0 Å². The van der Waals surface area contributed by atoms with E-state index < -0.39 is 15.9 Å². The van der Waals surface area contributed by atoms with E-state index in [9.17, 15) is 13.2 Å². The first-order valence-corrected chi connectivity index (χ1v) is 7.72. The van der Waals surface area contributed by atoms with E-state index in [0.29, 0.717) is 11.5 Å². The minimum absolute atomic E-state index is 0.0168. The summed E-state index contributed by atoms with van der Waals surface area (Å²) in [6.07, 6.45) is 0.0104. The number of rotatable bonds is 2. The van der Waals surface area contributed by atoms with E-state index in [1.165, 1.54) is 11.8 Å². The van der Waals surface area contributed by atoms with Crippen LogP contribution in [0.15, 0.2) is 4.99 Å². The molecular weight excluding hydrogens is 250 g/mol. The molecular formula is C9H15NO4S2. The molecule has 1 atom stereocenters. The number of ether oxygens (including phenoxy) is 1. The number of hydrogen-bond acceptors (Lipinski definition) is 5. The zero-order chi connectivity index (χ0) is 12.2. The molecule has 0 bridgehead atoms. The molecule has 16 heavy (non-hydrogen) atoms. The van der Waals surface area contributed by atoms with E-state index in [4.69, 9.17) is 0 Å². The van der Waals surface area contributed by atoms with Crippen molar-refractivity contribution < 1.29 is 17.9 Å². The van der Waals surface area contributed by atoms with Crippen molar-refractivity contribution in [2.45, 2.75) is 25.5 Å². The summed E-state index contributed by atoms with van der Waals surface area (Å²) in [5.74, 6) is 0.407. The summed E-state index contributed by atoms with van der Waals surface area (Å²) in [4.78, 5) is 14.7. The molecule has 0 saturated carbocycles. The molecule has 1 amide bonds. The summed E-state index contributed by atoms with van der Waals surface area (Å²) < 4.78 is 27.1. The van der Waals surface area contributed by atoms with Crippen LogP contribution in [0.2, 0.25) is 0 Å². The SMILES string of the molecule is CCOC(=O)/N=C(\C)SC1CCS(=O)(=O)C1. The van der Waals surface area contributed by atoms with Gasteiger partial charge in [-0.1, -0.05) is 0 Å². The van der Waals surface area contributed by atoms with Crippen molar-refractivity contribution in [3.05, 3.63) is 0 Å². The lowest BCUT2D eigenvalue weighted by molar-refractivity contribution is 0.163. The van der Waals surface area contributed by atoms with Crippen molar-refractivity contribution in [1.82, 2.24) is 0 Å². The van der Waals surface area contributed by atoms with Crippen LogP contribution in [-0.2, 0) is 14.6 Å². The minimum atomic E-state index is -2.87. The molecule has 5 nitrogen and oxygen atoms in total. The maximum absolute atomic E-state index is 11.2. The summed E-state index contributed by atoms with van der Waals surface area (Å²) in [6.45, 7) is 3.68. The first kappa shape index (κ1) is 13.5. The summed E-state index contributed by atoms with van der Waals surface area (Å²) in [7, 11) is -2.87. The Labute approximate surface area is 99.6 Å². The second-order valence-corrected chi connectivity index (χ2v) is 7.19. The van der Waals surface area contributed by atoms with Crippen LogP contribution < -0.4 is 0 Å². The number of nitrogens with zero attached hydrogens (tertiary/aromatic N) is 1. The van der Waals surface area contributed by atoms with Gasteiger partial charge in [-0.2, -0.15) is 4.99 Å². The average molecular weight is 265 g/mol. The quantitative estimate of drug-likeness (QED) is 0.558. The van der Waals surface area contributed by atoms with Crippen molar-refractivity contribution in [2.75, 3.05) is 18.1 Å². The van der Waals surface area contributed by atoms with Crippen LogP contribution in [0.25, 0.3) is 0 Å². The first-order chi connectivity index (χ1) is 7.43. The zero-order valence-electron chi connectivity index (χ0n) is 9.30. The van der Waals surface area contributed by atoms with Gasteiger partial charge >= 0.3 is 6.09 Å². The maximum atomic E-state index is 11.2. The number of carbonyl (C=O) groups is 1. The van der Waals surface area contributed by atoms with Gasteiger partial charge in [0.25, 0.3) is 0 Å². The second-order valence-electron chi connectivity index (χ2n) is 3.47. The molecule has 1 aliphatic heterocycles. The molecule has 7 heteroatoms. The Morgan fingerprint density at radius 1 is 1.56 bits per heavy atom. The Hall–Kier alpha value is -0.560. The van der Waals surface area contributed by atoms with E-state index in [0.717, 1.165) is 0 Å². The molecule has 0 aromatic carbocycles. The predicted octanol–water partition coefficient (Wildman–Crippen LogP) is 1.48.